The predicted octanol–water partition coefficient (Wildman–Crippen LogP) is 2.26. The summed E-state index contributed by atoms with van der Waals surface area (Å²) in [5.74, 6) is 2.26. The van der Waals surface area contributed by atoms with Gasteiger partial charge in [0.2, 0.25) is 5.95 Å². The molecule has 3 aromatic heterocycles. The number of hydrogen-bond acceptors (Lipinski definition) is 10. The zero-order valence-corrected chi connectivity index (χ0v) is 19.7. The minimum atomic E-state index is -1.18. The van der Waals surface area contributed by atoms with E-state index in [4.69, 9.17) is 24.9 Å². The monoisotopic (exact) mass is 483 g/mol. The summed E-state index contributed by atoms with van der Waals surface area (Å²) in [5, 5.41) is 3.29. The highest BCUT2D eigenvalue weighted by atomic mass is 32.2. The Kier molecular flexibility index (Phi) is 5.68. The molecule has 11 nitrogen and oxygen atoms in total. The van der Waals surface area contributed by atoms with Crippen molar-refractivity contribution in [2.75, 3.05) is 35.7 Å². The Labute approximate surface area is 198 Å². The summed E-state index contributed by atoms with van der Waals surface area (Å²) in [6.45, 7) is 5.04. The number of carbonyl (C=O) groups is 1. The molecule has 0 fully saturated rings. The normalized spacial score (nSPS) is 18.0. The first-order chi connectivity index (χ1) is 16.3. The fraction of sp³-hybridized carbons (Fsp3) is 0.409. The molecule has 12 heteroatoms. The van der Waals surface area contributed by atoms with Gasteiger partial charge in [-0.2, -0.15) is 4.98 Å². The van der Waals surface area contributed by atoms with Crippen molar-refractivity contribution in [2.24, 2.45) is 5.73 Å². The van der Waals surface area contributed by atoms with Crippen molar-refractivity contribution in [1.29, 1.82) is 0 Å². The average molecular weight is 484 g/mol. The molecule has 178 valence electrons. The number of hydrogen-bond donors (Lipinski definition) is 2. The van der Waals surface area contributed by atoms with Gasteiger partial charge in [-0.1, -0.05) is 6.08 Å². The number of aromatic nitrogens is 4. The summed E-state index contributed by atoms with van der Waals surface area (Å²) < 4.78 is 22.9. The number of fused-ring (bicyclic) bond motifs is 2. The molecule has 1 amide bonds. The van der Waals surface area contributed by atoms with Gasteiger partial charge < -0.3 is 25.1 Å². The molecule has 1 atom stereocenters. The lowest BCUT2D eigenvalue weighted by molar-refractivity contribution is 0.138. The van der Waals surface area contributed by atoms with Crippen LogP contribution in [0.15, 0.2) is 33.9 Å². The van der Waals surface area contributed by atoms with Crippen molar-refractivity contribution < 1.29 is 18.2 Å². The van der Waals surface area contributed by atoms with Crippen LogP contribution in [0.3, 0.4) is 0 Å². The van der Waals surface area contributed by atoms with Crippen molar-refractivity contribution >= 4 is 45.3 Å². The van der Waals surface area contributed by atoms with Crippen LogP contribution in [-0.2, 0) is 22.0 Å². The summed E-state index contributed by atoms with van der Waals surface area (Å²) >= 11 is 0. The van der Waals surface area contributed by atoms with Gasteiger partial charge in [0.25, 0.3) is 0 Å². The zero-order valence-electron chi connectivity index (χ0n) is 18.9. The first kappa shape index (κ1) is 22.3. The Hall–Kier alpha value is -3.54. The minimum absolute atomic E-state index is 0.0416. The molecule has 5 heterocycles. The molecular formula is C22H25N7O4S. The third-order valence-electron chi connectivity index (χ3n) is 5.69. The van der Waals surface area contributed by atoms with E-state index < -0.39 is 22.4 Å². The molecule has 2 aliphatic rings. The van der Waals surface area contributed by atoms with E-state index in [2.05, 4.69) is 26.3 Å². The van der Waals surface area contributed by atoms with Crippen LogP contribution in [0.1, 0.15) is 31.8 Å². The SMILES string of the molecule is CC(C)(COC(N)=O)Nc1nc(N2CC=C(c3ncc4occc4n3)CC2)nc2c1[S@](=O)CC2. The molecule has 3 N–H and O–H groups in total. The molecule has 0 spiro atoms. The van der Waals surface area contributed by atoms with Crippen molar-refractivity contribution in [3.05, 3.63) is 36.1 Å². The second-order valence-corrected chi connectivity index (χ2v) is 10.4. The number of furan rings is 1. The van der Waals surface area contributed by atoms with Gasteiger partial charge in [-0.25, -0.2) is 19.7 Å². The Bertz CT molecular complexity index is 1320. The Morgan fingerprint density at radius 1 is 1.32 bits per heavy atom. The number of anilines is 2. The number of rotatable bonds is 6. The maximum absolute atomic E-state index is 12.6. The molecule has 0 unspecified atom stereocenters. The van der Waals surface area contributed by atoms with E-state index in [1.807, 2.05) is 19.9 Å². The lowest BCUT2D eigenvalue weighted by atomic mass is 10.1. The molecule has 5 rings (SSSR count). The highest BCUT2D eigenvalue weighted by Gasteiger charge is 2.31. The average Bonchev–Trinajstić information content (AvgIpc) is 3.44. The van der Waals surface area contributed by atoms with Crippen LogP contribution in [-0.4, -0.2) is 61.2 Å². The largest absolute Gasteiger partial charge is 0.461 e. The van der Waals surface area contributed by atoms with Gasteiger partial charge in [0.1, 0.15) is 22.8 Å². The summed E-state index contributed by atoms with van der Waals surface area (Å²) in [5.41, 5.74) is 7.73. The van der Waals surface area contributed by atoms with E-state index in [1.165, 1.54) is 0 Å². The number of amides is 1. The van der Waals surface area contributed by atoms with Crippen molar-refractivity contribution in [3.63, 3.8) is 0 Å². The molecule has 0 bridgehead atoms. The maximum Gasteiger partial charge on any atom is 0.404 e. The highest BCUT2D eigenvalue weighted by molar-refractivity contribution is 7.85. The fourth-order valence-corrected chi connectivity index (χ4v) is 5.30. The number of nitrogens with two attached hydrogens (primary N) is 1. The number of carbonyl (C=O) groups excluding carboxylic acids is 1. The topological polar surface area (TPSA) is 149 Å². The minimum Gasteiger partial charge on any atom is -0.461 e. The van der Waals surface area contributed by atoms with E-state index in [0.29, 0.717) is 53.3 Å². The van der Waals surface area contributed by atoms with Crippen LogP contribution < -0.4 is 16.0 Å². The molecule has 0 saturated carbocycles. The third kappa shape index (κ3) is 4.45. The van der Waals surface area contributed by atoms with Gasteiger partial charge in [-0.15, -0.1) is 0 Å². The van der Waals surface area contributed by atoms with E-state index in [0.717, 1.165) is 23.2 Å². The fourth-order valence-electron chi connectivity index (χ4n) is 3.99. The van der Waals surface area contributed by atoms with Crippen molar-refractivity contribution in [2.45, 2.75) is 37.1 Å². The quantitative estimate of drug-likeness (QED) is 0.534. The molecule has 0 aliphatic carbocycles. The molecule has 0 aromatic carbocycles. The molecule has 2 aliphatic heterocycles. The van der Waals surface area contributed by atoms with E-state index >= 15 is 0 Å². The predicted molar refractivity (Wildman–Crippen MR) is 127 cm³/mol. The summed E-state index contributed by atoms with van der Waals surface area (Å²) in [7, 11) is -1.18. The first-order valence-corrected chi connectivity index (χ1v) is 12.3. The lowest BCUT2D eigenvalue weighted by Gasteiger charge is -2.29. The van der Waals surface area contributed by atoms with Crippen LogP contribution in [0.5, 0.6) is 0 Å². The van der Waals surface area contributed by atoms with Crippen LogP contribution in [0, 0.1) is 0 Å². The van der Waals surface area contributed by atoms with Gasteiger partial charge in [0, 0.05) is 31.3 Å². The van der Waals surface area contributed by atoms with E-state index in [1.54, 1.807) is 12.5 Å². The van der Waals surface area contributed by atoms with Gasteiger partial charge in [-0.3, -0.25) is 4.21 Å². The van der Waals surface area contributed by atoms with Crippen LogP contribution >= 0.6 is 0 Å². The zero-order chi connectivity index (χ0) is 23.9. The Balaban J connectivity index is 1.39. The molecule has 34 heavy (non-hydrogen) atoms. The van der Waals surface area contributed by atoms with E-state index in [-0.39, 0.29) is 6.61 Å². The van der Waals surface area contributed by atoms with Crippen molar-refractivity contribution in [3.8, 4) is 0 Å². The van der Waals surface area contributed by atoms with Gasteiger partial charge in [0.15, 0.2) is 11.4 Å². The van der Waals surface area contributed by atoms with Gasteiger partial charge in [-0.05, 0) is 25.8 Å². The highest BCUT2D eigenvalue weighted by Crippen LogP contribution is 2.32. The third-order valence-corrected chi connectivity index (χ3v) is 7.15. The lowest BCUT2D eigenvalue weighted by Crippen LogP contribution is -2.39. The second kappa shape index (κ2) is 8.67. The summed E-state index contributed by atoms with van der Waals surface area (Å²) in [6.07, 6.45) is 5.88. The standard InChI is InChI=1S/C22H25N7O4S/c1-22(2,12-33-20(23)30)28-19-17-15(6-10-34(17)31)26-21(27-19)29-7-3-13(4-8-29)18-24-11-16-14(25-18)5-9-32-16/h3,5,9,11H,4,6-8,10,12H2,1-2H3,(H2,23,30)(H,26,27,28)/t34-/m1/s1. The van der Waals surface area contributed by atoms with E-state index in [9.17, 15) is 9.00 Å². The maximum atomic E-state index is 12.6. The van der Waals surface area contributed by atoms with Gasteiger partial charge in [0.05, 0.1) is 34.5 Å². The Morgan fingerprint density at radius 2 is 2.18 bits per heavy atom. The summed E-state index contributed by atoms with van der Waals surface area (Å²) in [4.78, 5) is 32.2. The molecular weight excluding hydrogens is 458 g/mol. The number of ether oxygens (including phenoxy) is 1. The molecule has 0 saturated heterocycles. The number of nitrogens with zero attached hydrogens (tertiary/aromatic N) is 5. The van der Waals surface area contributed by atoms with Crippen LogP contribution in [0.25, 0.3) is 16.7 Å². The number of aryl methyl sites for hydroxylation is 1. The molecule has 0 radical (unpaired) electrons. The molecule has 3 aromatic rings. The van der Waals surface area contributed by atoms with Crippen molar-refractivity contribution in [1.82, 2.24) is 19.9 Å². The Morgan fingerprint density at radius 3 is 2.94 bits per heavy atom. The number of primary amides is 1. The van der Waals surface area contributed by atoms with Gasteiger partial charge >= 0.3 is 6.09 Å². The summed E-state index contributed by atoms with van der Waals surface area (Å²) in [6, 6.07) is 1.82. The number of nitrogens with one attached hydrogen (secondary N) is 1. The first-order valence-electron chi connectivity index (χ1n) is 10.9. The second-order valence-electron chi connectivity index (χ2n) is 8.85. The van der Waals surface area contributed by atoms with Crippen LogP contribution in [0.4, 0.5) is 16.6 Å². The van der Waals surface area contributed by atoms with Crippen LogP contribution in [0.2, 0.25) is 0 Å². The smallest absolute Gasteiger partial charge is 0.404 e.